The van der Waals surface area contributed by atoms with E-state index in [1.165, 1.54) is 0 Å². The van der Waals surface area contributed by atoms with Crippen molar-refractivity contribution in [3.8, 4) is 0 Å². The van der Waals surface area contributed by atoms with Gasteiger partial charge in [0.25, 0.3) is 0 Å². The zero-order valence-electron chi connectivity index (χ0n) is 16.1. The number of rotatable bonds is 6. The second-order valence-electron chi connectivity index (χ2n) is 7.89. The minimum atomic E-state index is -1.27. The lowest BCUT2D eigenvalue weighted by molar-refractivity contribution is -0.195. The zero-order valence-corrected chi connectivity index (χ0v) is 16.1. The summed E-state index contributed by atoms with van der Waals surface area (Å²) in [7, 11) is 0. The number of carbonyl (C=O) groups excluding carboxylic acids is 1. The average molecular weight is 376 g/mol. The molecule has 0 bridgehead atoms. The van der Waals surface area contributed by atoms with Crippen molar-refractivity contribution < 1.29 is 19.4 Å². The third-order valence-electron chi connectivity index (χ3n) is 6.21. The van der Waals surface area contributed by atoms with Crippen LogP contribution < -0.4 is 10.2 Å². The smallest absolute Gasteiger partial charge is 0.330 e. The van der Waals surface area contributed by atoms with Gasteiger partial charge in [-0.3, -0.25) is 9.78 Å². The predicted octanol–water partition coefficient (Wildman–Crippen LogP) is 1.47. The number of amides is 1. The van der Waals surface area contributed by atoms with Gasteiger partial charge in [0.05, 0.1) is 12.3 Å². The Kier molecular flexibility index (Phi) is 5.37. The number of hydrogen-bond acceptors (Lipinski definition) is 6. The Morgan fingerprint density at radius 1 is 1.33 bits per heavy atom. The number of hydrogen-bond donors (Lipinski definition) is 2. The lowest BCUT2D eigenvalue weighted by Gasteiger charge is -2.58. The molecule has 2 heterocycles. The molecule has 1 saturated carbocycles. The normalized spacial score (nSPS) is 27.7. The highest BCUT2D eigenvalue weighted by Crippen LogP contribution is 2.51. The number of aliphatic carboxylic acids is 1. The molecule has 0 spiro atoms. The van der Waals surface area contributed by atoms with Crippen LogP contribution in [0.4, 0.5) is 5.82 Å². The van der Waals surface area contributed by atoms with Gasteiger partial charge in [-0.2, -0.15) is 0 Å². The van der Waals surface area contributed by atoms with Gasteiger partial charge in [-0.25, -0.2) is 9.78 Å². The second kappa shape index (κ2) is 7.42. The van der Waals surface area contributed by atoms with Gasteiger partial charge in [0.15, 0.2) is 0 Å². The highest BCUT2D eigenvalue weighted by Gasteiger charge is 2.66. The van der Waals surface area contributed by atoms with E-state index in [1.54, 1.807) is 18.6 Å². The van der Waals surface area contributed by atoms with Crippen molar-refractivity contribution in [3.63, 3.8) is 0 Å². The molecule has 2 N–H and O–H groups in total. The van der Waals surface area contributed by atoms with Crippen LogP contribution in [0.5, 0.6) is 0 Å². The standard InChI is InChI=1S/C19H28N4O4/c1-4-27-14-11-19(17(25)26,18(14,2)3)22-16(24)13-5-9-23(10-6-13)15-12-20-7-8-21-15/h7-8,12-14H,4-6,9-11H2,1-3H3,(H,22,24)(H,25,26). The highest BCUT2D eigenvalue weighted by atomic mass is 16.5. The molecule has 8 heteroatoms. The molecule has 0 radical (unpaired) electrons. The van der Waals surface area contributed by atoms with Crippen LogP contribution in [0.3, 0.4) is 0 Å². The van der Waals surface area contributed by atoms with Gasteiger partial charge in [0.1, 0.15) is 11.4 Å². The SMILES string of the molecule is CCOC1CC(NC(=O)C2CCN(c3cnccn3)CC2)(C(=O)O)C1(C)C. The molecule has 8 nitrogen and oxygen atoms in total. The number of nitrogens with zero attached hydrogens (tertiary/aromatic N) is 3. The Bertz CT molecular complexity index is 688. The van der Waals surface area contributed by atoms with Crippen LogP contribution in [0.15, 0.2) is 18.6 Å². The monoisotopic (exact) mass is 376 g/mol. The summed E-state index contributed by atoms with van der Waals surface area (Å²) < 4.78 is 5.65. The minimum absolute atomic E-state index is 0.169. The van der Waals surface area contributed by atoms with Crippen molar-refractivity contribution in [2.24, 2.45) is 11.3 Å². The molecule has 1 aromatic heterocycles. The van der Waals surface area contributed by atoms with Crippen LogP contribution in [-0.4, -0.2) is 58.3 Å². The Hall–Kier alpha value is -2.22. The molecule has 1 saturated heterocycles. The van der Waals surface area contributed by atoms with Crippen LogP contribution in [-0.2, 0) is 14.3 Å². The largest absolute Gasteiger partial charge is 0.479 e. The quantitative estimate of drug-likeness (QED) is 0.774. The van der Waals surface area contributed by atoms with Crippen molar-refractivity contribution in [2.45, 2.75) is 51.7 Å². The molecule has 2 aliphatic rings. The molecule has 2 atom stereocenters. The maximum absolute atomic E-state index is 12.8. The highest BCUT2D eigenvalue weighted by molar-refractivity contribution is 5.90. The predicted molar refractivity (Wildman–Crippen MR) is 99.3 cm³/mol. The van der Waals surface area contributed by atoms with Gasteiger partial charge in [-0.1, -0.05) is 13.8 Å². The molecule has 3 rings (SSSR count). The summed E-state index contributed by atoms with van der Waals surface area (Å²) in [6, 6.07) is 0. The van der Waals surface area contributed by atoms with Crippen LogP contribution in [0, 0.1) is 11.3 Å². The fraction of sp³-hybridized carbons (Fsp3) is 0.684. The Morgan fingerprint density at radius 3 is 2.56 bits per heavy atom. The van der Waals surface area contributed by atoms with Gasteiger partial charge >= 0.3 is 5.97 Å². The fourth-order valence-corrected chi connectivity index (χ4v) is 4.17. The van der Waals surface area contributed by atoms with Gasteiger partial charge < -0.3 is 20.1 Å². The molecule has 0 aromatic carbocycles. The van der Waals surface area contributed by atoms with E-state index in [2.05, 4.69) is 20.2 Å². The number of nitrogens with one attached hydrogen (secondary N) is 1. The van der Waals surface area contributed by atoms with E-state index in [0.717, 1.165) is 5.82 Å². The maximum atomic E-state index is 12.8. The van der Waals surface area contributed by atoms with Crippen LogP contribution in [0.25, 0.3) is 0 Å². The summed E-state index contributed by atoms with van der Waals surface area (Å²) in [4.78, 5) is 35.3. The molecule has 2 fully saturated rings. The second-order valence-corrected chi connectivity index (χ2v) is 7.89. The van der Waals surface area contributed by atoms with Gasteiger partial charge in [-0.05, 0) is 19.8 Å². The number of carboxylic acid groups (broad SMARTS) is 1. The number of carboxylic acids is 1. The summed E-state index contributed by atoms with van der Waals surface area (Å²) >= 11 is 0. The number of anilines is 1. The Morgan fingerprint density at radius 2 is 2.04 bits per heavy atom. The maximum Gasteiger partial charge on any atom is 0.330 e. The summed E-state index contributed by atoms with van der Waals surface area (Å²) in [5, 5.41) is 12.7. The first kappa shape index (κ1) is 19.5. The van der Waals surface area contributed by atoms with E-state index >= 15 is 0 Å². The van der Waals surface area contributed by atoms with E-state index in [4.69, 9.17) is 4.74 Å². The van der Waals surface area contributed by atoms with E-state index in [-0.39, 0.29) is 17.9 Å². The van der Waals surface area contributed by atoms with E-state index in [9.17, 15) is 14.7 Å². The minimum Gasteiger partial charge on any atom is -0.479 e. The molecule has 2 unspecified atom stereocenters. The van der Waals surface area contributed by atoms with Crippen LogP contribution in [0.2, 0.25) is 0 Å². The Labute approximate surface area is 159 Å². The Balaban J connectivity index is 1.62. The molecule has 1 aliphatic carbocycles. The first-order valence-electron chi connectivity index (χ1n) is 9.50. The van der Waals surface area contributed by atoms with Crippen molar-refractivity contribution in [1.82, 2.24) is 15.3 Å². The molecule has 148 valence electrons. The number of aromatic nitrogens is 2. The van der Waals surface area contributed by atoms with E-state index in [0.29, 0.717) is 39.0 Å². The van der Waals surface area contributed by atoms with Crippen LogP contribution in [0.1, 0.15) is 40.0 Å². The third kappa shape index (κ3) is 3.38. The van der Waals surface area contributed by atoms with Crippen molar-refractivity contribution in [2.75, 3.05) is 24.6 Å². The van der Waals surface area contributed by atoms with Crippen molar-refractivity contribution in [3.05, 3.63) is 18.6 Å². The van der Waals surface area contributed by atoms with Gasteiger partial charge in [0.2, 0.25) is 5.91 Å². The first-order chi connectivity index (χ1) is 12.8. The van der Waals surface area contributed by atoms with Crippen molar-refractivity contribution >= 4 is 17.7 Å². The average Bonchev–Trinajstić information content (AvgIpc) is 2.67. The zero-order chi connectivity index (χ0) is 19.7. The topological polar surface area (TPSA) is 105 Å². The summed E-state index contributed by atoms with van der Waals surface area (Å²) in [6.07, 6.45) is 6.44. The molecular formula is C19H28N4O4. The van der Waals surface area contributed by atoms with Crippen molar-refractivity contribution in [1.29, 1.82) is 0 Å². The van der Waals surface area contributed by atoms with E-state index in [1.807, 2.05) is 20.8 Å². The lowest BCUT2D eigenvalue weighted by atomic mass is 9.54. The number of carbonyl (C=O) groups is 2. The van der Waals surface area contributed by atoms with Gasteiger partial charge in [0, 0.05) is 49.8 Å². The third-order valence-corrected chi connectivity index (χ3v) is 6.21. The lowest BCUT2D eigenvalue weighted by Crippen LogP contribution is -2.76. The number of piperidine rings is 1. The van der Waals surface area contributed by atoms with Gasteiger partial charge in [-0.15, -0.1) is 0 Å². The van der Waals surface area contributed by atoms with Crippen LogP contribution >= 0.6 is 0 Å². The molecule has 1 aliphatic heterocycles. The fourth-order valence-electron chi connectivity index (χ4n) is 4.17. The molecule has 27 heavy (non-hydrogen) atoms. The summed E-state index contributed by atoms with van der Waals surface area (Å²) in [5.74, 6) is -0.567. The first-order valence-corrected chi connectivity index (χ1v) is 9.50. The molecule has 1 aromatic rings. The number of ether oxygens (including phenoxy) is 1. The molecular weight excluding hydrogens is 348 g/mol. The molecule has 1 amide bonds. The summed E-state index contributed by atoms with van der Waals surface area (Å²) in [5.41, 5.74) is -1.93. The van der Waals surface area contributed by atoms with E-state index < -0.39 is 16.9 Å². The summed E-state index contributed by atoms with van der Waals surface area (Å²) in [6.45, 7) is 7.51.